The lowest BCUT2D eigenvalue weighted by Crippen LogP contribution is -2.70. The van der Waals surface area contributed by atoms with Crippen LogP contribution < -0.4 is 15.6 Å². The summed E-state index contributed by atoms with van der Waals surface area (Å²) >= 11 is 0. The fourth-order valence-electron chi connectivity index (χ4n) is 3.94. The summed E-state index contributed by atoms with van der Waals surface area (Å²) < 4.78 is 6.95. The number of hydrogen-bond acceptors (Lipinski definition) is 3. The molecule has 1 N–H and O–H groups in total. The molecule has 0 saturated carbocycles. The SMILES string of the molecule is CC(C)[C@H](O)CC(=O)C[C@@H](C)O[Si](c1ccccc1)(c1ccccc1)c1ccccc1. The van der Waals surface area contributed by atoms with E-state index in [0.29, 0.717) is 0 Å². The molecule has 0 aliphatic heterocycles. The zero-order valence-electron chi connectivity index (χ0n) is 18.6. The molecule has 0 spiro atoms. The maximum atomic E-state index is 12.6. The molecule has 0 unspecified atom stereocenters. The number of hydrogen-bond donors (Lipinski definition) is 1. The van der Waals surface area contributed by atoms with Crippen molar-refractivity contribution in [2.45, 2.75) is 45.8 Å². The summed E-state index contributed by atoms with van der Waals surface area (Å²) in [6, 6.07) is 31.1. The maximum Gasteiger partial charge on any atom is 0.288 e. The molecule has 3 aromatic rings. The van der Waals surface area contributed by atoms with Crippen molar-refractivity contribution in [2.24, 2.45) is 5.92 Å². The molecular weight excluding hydrogens is 400 g/mol. The van der Waals surface area contributed by atoms with E-state index < -0.39 is 14.4 Å². The summed E-state index contributed by atoms with van der Waals surface area (Å²) in [5.74, 6) is 0.0948. The van der Waals surface area contributed by atoms with Crippen LogP contribution in [-0.2, 0) is 9.22 Å². The highest BCUT2D eigenvalue weighted by molar-refractivity contribution is 7.07. The Bertz CT molecular complexity index is 845. The second-order valence-corrected chi connectivity index (χ2v) is 11.8. The number of aliphatic hydroxyl groups is 1. The Kier molecular flexibility index (Phi) is 7.96. The molecule has 0 aliphatic rings. The molecule has 0 radical (unpaired) electrons. The molecule has 31 heavy (non-hydrogen) atoms. The molecule has 2 atom stereocenters. The number of ketones is 1. The molecule has 0 amide bonds. The third-order valence-electron chi connectivity index (χ3n) is 5.64. The van der Waals surface area contributed by atoms with E-state index in [0.717, 1.165) is 15.6 Å². The van der Waals surface area contributed by atoms with Crippen molar-refractivity contribution in [2.75, 3.05) is 0 Å². The Morgan fingerprint density at radius 3 is 1.48 bits per heavy atom. The molecule has 0 saturated heterocycles. The third kappa shape index (κ3) is 5.59. The van der Waals surface area contributed by atoms with Crippen molar-refractivity contribution >= 4 is 29.7 Å². The van der Waals surface area contributed by atoms with E-state index in [9.17, 15) is 9.90 Å². The van der Waals surface area contributed by atoms with E-state index >= 15 is 0 Å². The lowest BCUT2D eigenvalue weighted by molar-refractivity contribution is -0.122. The Morgan fingerprint density at radius 1 is 0.742 bits per heavy atom. The lowest BCUT2D eigenvalue weighted by atomic mass is 10.00. The molecule has 0 fully saturated rings. The van der Waals surface area contributed by atoms with Gasteiger partial charge in [-0.25, -0.2) is 0 Å². The highest BCUT2D eigenvalue weighted by atomic mass is 28.4. The van der Waals surface area contributed by atoms with E-state index in [1.165, 1.54) is 0 Å². The summed E-state index contributed by atoms with van der Waals surface area (Å²) in [5.41, 5.74) is 0. The van der Waals surface area contributed by atoms with Gasteiger partial charge in [-0.05, 0) is 28.4 Å². The second kappa shape index (κ2) is 10.7. The molecular formula is C27H32O3Si. The summed E-state index contributed by atoms with van der Waals surface area (Å²) in [6.45, 7) is 5.82. The molecule has 0 bridgehead atoms. The average Bonchev–Trinajstić information content (AvgIpc) is 2.79. The van der Waals surface area contributed by atoms with Gasteiger partial charge in [0.25, 0.3) is 8.32 Å². The van der Waals surface area contributed by atoms with Gasteiger partial charge in [0.05, 0.1) is 12.2 Å². The topological polar surface area (TPSA) is 46.5 Å². The number of benzene rings is 3. The van der Waals surface area contributed by atoms with Gasteiger partial charge in [-0.15, -0.1) is 0 Å². The van der Waals surface area contributed by atoms with Gasteiger partial charge < -0.3 is 9.53 Å². The van der Waals surface area contributed by atoms with Crippen LogP contribution in [0.25, 0.3) is 0 Å². The van der Waals surface area contributed by atoms with Crippen LogP contribution in [0.3, 0.4) is 0 Å². The minimum atomic E-state index is -2.83. The Labute approximate surface area is 186 Å². The summed E-state index contributed by atoms with van der Waals surface area (Å²) in [4.78, 5) is 12.6. The highest BCUT2D eigenvalue weighted by Gasteiger charge is 2.43. The molecule has 3 aromatic carbocycles. The number of carbonyl (C=O) groups excluding carboxylic acids is 1. The van der Waals surface area contributed by atoms with Crippen LogP contribution in [-0.4, -0.2) is 31.4 Å². The van der Waals surface area contributed by atoms with Gasteiger partial charge in [-0.2, -0.15) is 0 Å². The minimum absolute atomic E-state index is 0.0331. The molecule has 0 aliphatic carbocycles. The third-order valence-corrected chi connectivity index (χ3v) is 9.84. The first-order valence-corrected chi connectivity index (χ1v) is 12.9. The second-order valence-electron chi connectivity index (χ2n) is 8.47. The van der Waals surface area contributed by atoms with Crippen molar-refractivity contribution in [3.63, 3.8) is 0 Å². The van der Waals surface area contributed by atoms with Crippen molar-refractivity contribution in [3.05, 3.63) is 91.0 Å². The van der Waals surface area contributed by atoms with Gasteiger partial charge >= 0.3 is 0 Å². The largest absolute Gasteiger partial charge is 0.401 e. The number of aliphatic hydroxyl groups excluding tert-OH is 1. The van der Waals surface area contributed by atoms with Crippen LogP contribution in [0.15, 0.2) is 91.0 Å². The van der Waals surface area contributed by atoms with Gasteiger partial charge in [0.2, 0.25) is 0 Å². The quantitative estimate of drug-likeness (QED) is 0.394. The van der Waals surface area contributed by atoms with Crippen molar-refractivity contribution in [3.8, 4) is 0 Å². The minimum Gasteiger partial charge on any atom is -0.401 e. The standard InChI is InChI=1S/C27H32O3Si/c1-21(2)27(29)20-23(28)19-22(3)30-31(24-13-7-4-8-14-24,25-15-9-5-10-16-25)26-17-11-6-12-18-26/h4-18,21-22,27,29H,19-20H2,1-3H3/t22-,27-/m1/s1. The van der Waals surface area contributed by atoms with E-state index in [4.69, 9.17) is 4.43 Å². The first-order valence-electron chi connectivity index (χ1n) is 11.0. The maximum absolute atomic E-state index is 12.6. The van der Waals surface area contributed by atoms with Gasteiger partial charge in [0.15, 0.2) is 0 Å². The molecule has 162 valence electrons. The first kappa shape index (κ1) is 23.1. The smallest absolute Gasteiger partial charge is 0.288 e. The number of carbonyl (C=O) groups is 1. The first-order chi connectivity index (χ1) is 14.9. The predicted molar refractivity (Wildman–Crippen MR) is 130 cm³/mol. The van der Waals surface area contributed by atoms with Gasteiger partial charge in [0, 0.05) is 12.8 Å². The molecule has 0 aromatic heterocycles. The predicted octanol–water partition coefficient (Wildman–Crippen LogP) is 3.42. The van der Waals surface area contributed by atoms with E-state index in [1.54, 1.807) is 0 Å². The van der Waals surface area contributed by atoms with Crippen LogP contribution in [0.5, 0.6) is 0 Å². The molecule has 0 heterocycles. The Balaban J connectivity index is 2.01. The van der Waals surface area contributed by atoms with E-state index in [1.807, 2.05) is 75.4 Å². The zero-order valence-corrected chi connectivity index (χ0v) is 19.6. The van der Waals surface area contributed by atoms with Crippen LogP contribution >= 0.6 is 0 Å². The zero-order chi connectivity index (χ0) is 22.3. The highest BCUT2D eigenvalue weighted by Crippen LogP contribution is 2.16. The van der Waals surface area contributed by atoms with Crippen LogP contribution in [0.2, 0.25) is 0 Å². The van der Waals surface area contributed by atoms with Crippen molar-refractivity contribution in [1.82, 2.24) is 0 Å². The van der Waals surface area contributed by atoms with E-state index in [-0.39, 0.29) is 30.6 Å². The summed E-state index contributed by atoms with van der Waals surface area (Å²) in [6.07, 6.45) is -0.439. The normalized spacial score (nSPS) is 13.7. The summed E-state index contributed by atoms with van der Waals surface area (Å²) in [7, 11) is -2.83. The Hall–Kier alpha value is -2.53. The van der Waals surface area contributed by atoms with Gasteiger partial charge in [-0.3, -0.25) is 4.79 Å². The summed E-state index contributed by atoms with van der Waals surface area (Å²) in [5, 5.41) is 13.6. The fourth-order valence-corrected chi connectivity index (χ4v) is 8.02. The average molecular weight is 433 g/mol. The molecule has 4 heteroatoms. The van der Waals surface area contributed by atoms with E-state index in [2.05, 4.69) is 36.4 Å². The fraction of sp³-hybridized carbons (Fsp3) is 0.296. The number of Topliss-reactive ketones (excluding diaryl/α,β-unsaturated/α-hetero) is 1. The van der Waals surface area contributed by atoms with Crippen LogP contribution in [0, 0.1) is 5.92 Å². The lowest BCUT2D eigenvalue weighted by Gasteiger charge is -2.35. The molecule has 3 nitrogen and oxygen atoms in total. The number of rotatable bonds is 10. The monoisotopic (exact) mass is 432 g/mol. The van der Waals surface area contributed by atoms with Crippen LogP contribution in [0.4, 0.5) is 0 Å². The Morgan fingerprint density at radius 2 is 1.13 bits per heavy atom. The van der Waals surface area contributed by atoms with Crippen molar-refractivity contribution < 1.29 is 14.3 Å². The van der Waals surface area contributed by atoms with Crippen molar-refractivity contribution in [1.29, 1.82) is 0 Å². The van der Waals surface area contributed by atoms with Gasteiger partial charge in [-0.1, -0.05) is 105 Å². The molecule has 3 rings (SSSR count). The van der Waals surface area contributed by atoms with Crippen LogP contribution in [0.1, 0.15) is 33.6 Å². The van der Waals surface area contributed by atoms with Gasteiger partial charge in [0.1, 0.15) is 5.78 Å².